The van der Waals surface area contributed by atoms with Gasteiger partial charge in [0.05, 0.1) is 18.8 Å². The molecule has 2 aromatic rings. The smallest absolute Gasteiger partial charge is 0.191 e. The average Bonchev–Trinajstić information content (AvgIpc) is 2.64. The highest BCUT2D eigenvalue weighted by atomic mass is 16.5. The first-order chi connectivity index (χ1) is 12.6. The van der Waals surface area contributed by atoms with Crippen LogP contribution in [0.4, 0.5) is 0 Å². The highest BCUT2D eigenvalue weighted by Gasteiger charge is 2.09. The zero-order valence-corrected chi connectivity index (χ0v) is 15.8. The van der Waals surface area contributed by atoms with Crippen molar-refractivity contribution in [3.05, 3.63) is 65.7 Å². The molecule has 0 saturated heterocycles. The summed E-state index contributed by atoms with van der Waals surface area (Å²) in [5.74, 6) is 1.50. The fourth-order valence-electron chi connectivity index (χ4n) is 2.45. The van der Waals surface area contributed by atoms with E-state index >= 15 is 0 Å². The first-order valence-corrected chi connectivity index (χ1v) is 9.09. The summed E-state index contributed by atoms with van der Waals surface area (Å²) in [6.45, 7) is 7.73. The maximum absolute atomic E-state index is 10.4. The Morgan fingerprint density at radius 3 is 2.35 bits per heavy atom. The molecule has 2 rings (SSSR count). The topological polar surface area (TPSA) is 65.9 Å². The minimum absolute atomic E-state index is 0.135. The Balaban J connectivity index is 1.90. The zero-order valence-electron chi connectivity index (χ0n) is 15.8. The first kappa shape index (κ1) is 19.8. The number of benzene rings is 2. The Morgan fingerprint density at radius 1 is 1.04 bits per heavy atom. The van der Waals surface area contributed by atoms with Crippen LogP contribution in [0, 0.1) is 0 Å². The normalized spacial score (nSPS) is 12.7. The second kappa shape index (κ2) is 10.5. The molecule has 0 spiro atoms. The first-order valence-electron chi connectivity index (χ1n) is 9.09. The number of aliphatic imine (C=N–C) groups is 1. The van der Waals surface area contributed by atoms with Crippen molar-refractivity contribution in [2.45, 2.75) is 39.5 Å². The van der Waals surface area contributed by atoms with E-state index < -0.39 is 6.10 Å². The van der Waals surface area contributed by atoms with Crippen molar-refractivity contribution in [1.82, 2.24) is 10.6 Å². The summed E-state index contributed by atoms with van der Waals surface area (Å²) in [6, 6.07) is 17.6. The Labute approximate surface area is 156 Å². The molecule has 1 unspecified atom stereocenters. The van der Waals surface area contributed by atoms with Crippen molar-refractivity contribution in [1.29, 1.82) is 0 Å². The molecule has 0 aliphatic heterocycles. The predicted molar refractivity (Wildman–Crippen MR) is 106 cm³/mol. The van der Waals surface area contributed by atoms with Gasteiger partial charge in [-0.15, -0.1) is 0 Å². The van der Waals surface area contributed by atoms with Crippen molar-refractivity contribution >= 4 is 5.96 Å². The van der Waals surface area contributed by atoms with E-state index in [1.165, 1.54) is 0 Å². The van der Waals surface area contributed by atoms with Crippen LogP contribution in [0.25, 0.3) is 0 Å². The molecule has 2 aromatic carbocycles. The van der Waals surface area contributed by atoms with Gasteiger partial charge in [0.2, 0.25) is 0 Å². The zero-order chi connectivity index (χ0) is 18.8. The molecule has 0 amide bonds. The average molecular weight is 355 g/mol. The lowest BCUT2D eigenvalue weighted by Gasteiger charge is -2.16. The molecule has 0 aliphatic carbocycles. The Hall–Kier alpha value is -2.53. The molecule has 1 atom stereocenters. The molecule has 0 radical (unpaired) electrons. The van der Waals surface area contributed by atoms with E-state index in [2.05, 4.69) is 15.6 Å². The fraction of sp³-hybridized carbons (Fsp3) is 0.381. The molecule has 0 aliphatic rings. The van der Waals surface area contributed by atoms with Gasteiger partial charge in [-0.1, -0.05) is 42.5 Å². The Kier molecular flexibility index (Phi) is 7.96. The molecule has 5 nitrogen and oxygen atoms in total. The minimum Gasteiger partial charge on any atom is -0.491 e. The lowest BCUT2D eigenvalue weighted by molar-refractivity contribution is 0.180. The summed E-state index contributed by atoms with van der Waals surface area (Å²) in [5, 5.41) is 16.8. The number of nitrogens with zero attached hydrogens (tertiary/aromatic N) is 1. The van der Waals surface area contributed by atoms with Crippen LogP contribution < -0.4 is 15.4 Å². The molecule has 0 aromatic heterocycles. The van der Waals surface area contributed by atoms with Crippen molar-refractivity contribution in [3.8, 4) is 5.75 Å². The number of aliphatic hydroxyl groups is 1. The number of hydrogen-bond donors (Lipinski definition) is 3. The van der Waals surface area contributed by atoms with Crippen LogP contribution in [0.2, 0.25) is 0 Å². The molecule has 140 valence electrons. The van der Waals surface area contributed by atoms with Crippen molar-refractivity contribution < 1.29 is 9.84 Å². The Morgan fingerprint density at radius 2 is 1.73 bits per heavy atom. The van der Waals surface area contributed by atoms with E-state index in [9.17, 15) is 5.11 Å². The van der Waals surface area contributed by atoms with Crippen LogP contribution in [-0.2, 0) is 6.54 Å². The van der Waals surface area contributed by atoms with Crippen LogP contribution >= 0.6 is 0 Å². The Bertz CT molecular complexity index is 669. The van der Waals surface area contributed by atoms with Crippen LogP contribution in [0.1, 0.15) is 38.0 Å². The van der Waals surface area contributed by atoms with Crippen LogP contribution in [0.5, 0.6) is 5.75 Å². The van der Waals surface area contributed by atoms with Gasteiger partial charge in [0.25, 0.3) is 0 Å². The van der Waals surface area contributed by atoms with Gasteiger partial charge in [0.1, 0.15) is 5.75 Å². The van der Waals surface area contributed by atoms with E-state index in [0.29, 0.717) is 19.0 Å². The third kappa shape index (κ3) is 6.76. The van der Waals surface area contributed by atoms with Gasteiger partial charge in [0, 0.05) is 13.1 Å². The van der Waals surface area contributed by atoms with E-state index in [4.69, 9.17) is 4.74 Å². The van der Waals surface area contributed by atoms with Gasteiger partial charge >= 0.3 is 0 Å². The second-order valence-corrected chi connectivity index (χ2v) is 6.31. The maximum atomic E-state index is 10.4. The number of hydrogen-bond acceptors (Lipinski definition) is 3. The van der Waals surface area contributed by atoms with Gasteiger partial charge in [0.15, 0.2) is 5.96 Å². The van der Waals surface area contributed by atoms with E-state index in [1.54, 1.807) is 0 Å². The van der Waals surface area contributed by atoms with Crippen LogP contribution in [0.15, 0.2) is 59.6 Å². The van der Waals surface area contributed by atoms with Gasteiger partial charge in [-0.05, 0) is 44.0 Å². The fourth-order valence-corrected chi connectivity index (χ4v) is 2.45. The van der Waals surface area contributed by atoms with Gasteiger partial charge in [-0.25, -0.2) is 4.99 Å². The molecule has 0 saturated carbocycles. The van der Waals surface area contributed by atoms with Gasteiger partial charge in [-0.2, -0.15) is 0 Å². The summed E-state index contributed by atoms with van der Waals surface area (Å²) in [6.07, 6.45) is -0.486. The summed E-state index contributed by atoms with van der Waals surface area (Å²) in [7, 11) is 0. The number of rotatable bonds is 8. The lowest BCUT2D eigenvalue weighted by Crippen LogP contribution is -2.39. The van der Waals surface area contributed by atoms with Crippen molar-refractivity contribution in [2.75, 3.05) is 13.1 Å². The largest absolute Gasteiger partial charge is 0.491 e. The molecule has 3 N–H and O–H groups in total. The molecule has 0 heterocycles. The lowest BCUT2D eigenvalue weighted by atomic mass is 10.1. The molecule has 0 bridgehead atoms. The molecule has 0 fully saturated rings. The van der Waals surface area contributed by atoms with Crippen LogP contribution in [-0.4, -0.2) is 30.3 Å². The van der Waals surface area contributed by atoms with Crippen molar-refractivity contribution in [2.24, 2.45) is 4.99 Å². The highest BCUT2D eigenvalue weighted by Crippen LogP contribution is 2.18. The minimum atomic E-state index is -0.622. The quantitative estimate of drug-likeness (QED) is 0.502. The summed E-state index contributed by atoms with van der Waals surface area (Å²) in [5.41, 5.74) is 1.98. The SMILES string of the molecule is CCNC(=NCc1ccccc1)NCC(O)c1ccc(OC(C)C)cc1. The van der Waals surface area contributed by atoms with Gasteiger partial charge in [-0.3, -0.25) is 0 Å². The summed E-state index contributed by atoms with van der Waals surface area (Å²) < 4.78 is 5.63. The van der Waals surface area contributed by atoms with Crippen LogP contribution in [0.3, 0.4) is 0 Å². The maximum Gasteiger partial charge on any atom is 0.191 e. The second-order valence-electron chi connectivity index (χ2n) is 6.31. The van der Waals surface area contributed by atoms with E-state index in [1.807, 2.05) is 75.4 Å². The van der Waals surface area contributed by atoms with Crippen molar-refractivity contribution in [3.63, 3.8) is 0 Å². The highest BCUT2D eigenvalue weighted by molar-refractivity contribution is 5.79. The van der Waals surface area contributed by atoms with E-state index in [-0.39, 0.29) is 6.10 Å². The number of ether oxygens (including phenoxy) is 1. The molecular weight excluding hydrogens is 326 g/mol. The molecule has 5 heteroatoms. The molecular formula is C21H29N3O2. The van der Waals surface area contributed by atoms with Gasteiger partial charge < -0.3 is 20.5 Å². The number of aliphatic hydroxyl groups excluding tert-OH is 1. The number of guanidine groups is 1. The predicted octanol–water partition coefficient (Wildman–Crippen LogP) is 3.26. The third-order valence-corrected chi connectivity index (χ3v) is 3.71. The summed E-state index contributed by atoms with van der Waals surface area (Å²) >= 11 is 0. The van der Waals surface area contributed by atoms with E-state index in [0.717, 1.165) is 23.4 Å². The standard InChI is InChI=1S/C21H29N3O2/c1-4-22-21(23-14-17-8-6-5-7-9-17)24-15-20(25)18-10-12-19(13-11-18)26-16(2)3/h5-13,16,20,25H,4,14-15H2,1-3H3,(H2,22,23,24). The monoisotopic (exact) mass is 355 g/mol. The molecule has 26 heavy (non-hydrogen) atoms. The third-order valence-electron chi connectivity index (χ3n) is 3.71. The summed E-state index contributed by atoms with van der Waals surface area (Å²) in [4.78, 5) is 4.56. The number of nitrogens with one attached hydrogen (secondary N) is 2.